The van der Waals surface area contributed by atoms with Gasteiger partial charge in [0.1, 0.15) is 24.1 Å². The second-order valence-corrected chi connectivity index (χ2v) is 9.48. The van der Waals surface area contributed by atoms with Crippen molar-refractivity contribution < 1.29 is 31.5 Å². The highest BCUT2D eigenvalue weighted by molar-refractivity contribution is 7.89. The highest BCUT2D eigenvalue weighted by atomic mass is 32.2. The summed E-state index contributed by atoms with van der Waals surface area (Å²) in [4.78, 5) is 16.9. The Hall–Kier alpha value is -2.89. The zero-order valence-electron chi connectivity index (χ0n) is 18.0. The van der Waals surface area contributed by atoms with E-state index in [0.717, 1.165) is 18.6 Å². The van der Waals surface area contributed by atoms with Crippen LogP contribution in [-0.4, -0.2) is 54.5 Å². The molecule has 0 unspecified atom stereocenters. The first kappa shape index (κ1) is 23.3. The number of carbonyl (C=O) groups is 1. The minimum absolute atomic E-state index is 0.120. The lowest BCUT2D eigenvalue weighted by Gasteiger charge is -2.26. The van der Waals surface area contributed by atoms with Crippen molar-refractivity contribution in [3.05, 3.63) is 59.4 Å². The van der Waals surface area contributed by atoms with Gasteiger partial charge in [-0.3, -0.25) is 0 Å². The molecule has 8 nitrogen and oxygen atoms in total. The highest BCUT2D eigenvalue weighted by Crippen LogP contribution is 2.24. The zero-order chi connectivity index (χ0) is 23.6. The number of sulfonamides is 1. The molecule has 0 amide bonds. The van der Waals surface area contributed by atoms with E-state index in [0.29, 0.717) is 42.7 Å². The van der Waals surface area contributed by atoms with Crippen LogP contribution in [0.2, 0.25) is 0 Å². The minimum Gasteiger partial charge on any atom is -0.454 e. The number of aromatic nitrogens is 2. The molecule has 0 radical (unpaired) electrons. The number of hydrogen-bond acceptors (Lipinski definition) is 6. The van der Waals surface area contributed by atoms with Crippen LogP contribution in [0.1, 0.15) is 29.5 Å². The van der Waals surface area contributed by atoms with Gasteiger partial charge in [-0.2, -0.15) is 4.31 Å². The number of imidazole rings is 1. The van der Waals surface area contributed by atoms with Gasteiger partial charge >= 0.3 is 5.97 Å². The van der Waals surface area contributed by atoms with Crippen LogP contribution in [0.15, 0.2) is 41.3 Å². The number of rotatable bonds is 7. The van der Waals surface area contributed by atoms with Gasteiger partial charge in [-0.1, -0.05) is 6.92 Å². The number of hydrogen-bond donors (Lipinski definition) is 0. The lowest BCUT2D eigenvalue weighted by Crippen LogP contribution is -2.40. The molecule has 11 heteroatoms. The first-order valence-electron chi connectivity index (χ1n) is 10.5. The quantitative estimate of drug-likeness (QED) is 0.484. The van der Waals surface area contributed by atoms with Gasteiger partial charge in [0.05, 0.1) is 34.7 Å². The molecule has 2 heterocycles. The smallest absolute Gasteiger partial charge is 0.341 e. The van der Waals surface area contributed by atoms with E-state index in [-0.39, 0.29) is 30.2 Å². The molecule has 0 aliphatic carbocycles. The first-order valence-corrected chi connectivity index (χ1v) is 11.9. The average molecular weight is 480 g/mol. The molecule has 0 atom stereocenters. The average Bonchev–Trinajstić information content (AvgIpc) is 3.15. The van der Waals surface area contributed by atoms with Crippen molar-refractivity contribution >= 4 is 27.0 Å². The molecule has 0 saturated carbocycles. The highest BCUT2D eigenvalue weighted by Gasteiger charge is 2.27. The van der Waals surface area contributed by atoms with Crippen molar-refractivity contribution in [3.63, 3.8) is 0 Å². The van der Waals surface area contributed by atoms with Gasteiger partial charge in [-0.15, -0.1) is 0 Å². The maximum atomic E-state index is 13.9. The van der Waals surface area contributed by atoms with Crippen LogP contribution in [-0.2, 0) is 32.6 Å². The molecule has 33 heavy (non-hydrogen) atoms. The summed E-state index contributed by atoms with van der Waals surface area (Å²) in [5, 5.41) is 0. The number of ether oxygens (including phenoxy) is 2. The molecular formula is C22H23F2N3O5S. The predicted molar refractivity (Wildman–Crippen MR) is 115 cm³/mol. The summed E-state index contributed by atoms with van der Waals surface area (Å²) in [7, 11) is -3.69. The lowest BCUT2D eigenvalue weighted by molar-refractivity contribution is 0.0453. The summed E-state index contributed by atoms with van der Waals surface area (Å²) in [5.41, 5.74) is 0.752. The Morgan fingerprint density at radius 1 is 1.15 bits per heavy atom. The number of esters is 1. The van der Waals surface area contributed by atoms with Crippen molar-refractivity contribution in [1.29, 1.82) is 0 Å². The Morgan fingerprint density at radius 2 is 1.91 bits per heavy atom. The Labute approximate surface area is 189 Å². The third-order valence-electron chi connectivity index (χ3n) is 5.34. The third-order valence-corrected chi connectivity index (χ3v) is 7.23. The fourth-order valence-corrected chi connectivity index (χ4v) is 5.13. The van der Waals surface area contributed by atoms with Crippen LogP contribution in [0.3, 0.4) is 0 Å². The van der Waals surface area contributed by atoms with E-state index in [1.165, 1.54) is 16.4 Å². The Bertz CT molecular complexity index is 1290. The van der Waals surface area contributed by atoms with Crippen molar-refractivity contribution in [3.8, 4) is 0 Å². The van der Waals surface area contributed by atoms with Gasteiger partial charge in [-0.25, -0.2) is 27.0 Å². The van der Waals surface area contributed by atoms with Crippen LogP contribution in [0, 0.1) is 11.6 Å². The van der Waals surface area contributed by atoms with Gasteiger partial charge in [0.2, 0.25) is 10.0 Å². The topological polar surface area (TPSA) is 90.7 Å². The Kier molecular flexibility index (Phi) is 6.73. The number of halogens is 2. The van der Waals surface area contributed by atoms with Gasteiger partial charge < -0.3 is 14.0 Å². The maximum absolute atomic E-state index is 13.9. The second kappa shape index (κ2) is 9.54. The van der Waals surface area contributed by atoms with Crippen molar-refractivity contribution in [2.24, 2.45) is 0 Å². The third kappa shape index (κ3) is 4.75. The van der Waals surface area contributed by atoms with E-state index in [4.69, 9.17) is 9.47 Å². The molecule has 4 rings (SSSR count). The normalized spacial score (nSPS) is 15.1. The maximum Gasteiger partial charge on any atom is 0.341 e. The summed E-state index contributed by atoms with van der Waals surface area (Å²) in [6.07, 6.45) is 0.757. The van der Waals surface area contributed by atoms with Crippen LogP contribution in [0.5, 0.6) is 0 Å². The summed E-state index contributed by atoms with van der Waals surface area (Å²) >= 11 is 0. The van der Waals surface area contributed by atoms with E-state index < -0.39 is 27.6 Å². The summed E-state index contributed by atoms with van der Waals surface area (Å²) in [6, 6.07) is 7.31. The SMILES string of the molecule is CCCn1c(COC(=O)c2ccc(F)cc2F)nc2cc(S(=O)(=O)N3CCOCC3)ccc21. The van der Waals surface area contributed by atoms with Gasteiger partial charge in [0, 0.05) is 25.7 Å². The summed E-state index contributed by atoms with van der Waals surface area (Å²) in [6.45, 7) is 3.53. The standard InChI is InChI=1S/C22H23F2N3O5S/c1-2-7-27-20-6-4-16(33(29,30)26-8-10-31-11-9-26)13-19(20)25-21(27)14-32-22(28)17-5-3-15(23)12-18(17)24/h3-6,12-13H,2,7-11,14H2,1H3. The molecular weight excluding hydrogens is 456 g/mol. The fraction of sp³-hybridized carbons (Fsp3) is 0.364. The lowest BCUT2D eigenvalue weighted by atomic mass is 10.2. The number of benzene rings is 2. The molecule has 1 aliphatic heterocycles. The molecule has 3 aromatic rings. The first-order chi connectivity index (χ1) is 15.8. The van der Waals surface area contributed by atoms with Crippen molar-refractivity contribution in [2.45, 2.75) is 31.4 Å². The van der Waals surface area contributed by atoms with Gasteiger partial charge in [0.25, 0.3) is 0 Å². The number of morpholine rings is 1. The second-order valence-electron chi connectivity index (χ2n) is 7.55. The van der Waals surface area contributed by atoms with E-state index in [1.807, 2.05) is 11.5 Å². The van der Waals surface area contributed by atoms with Crippen LogP contribution in [0.25, 0.3) is 11.0 Å². The number of nitrogens with zero attached hydrogens (tertiary/aromatic N) is 3. The van der Waals surface area contributed by atoms with Crippen LogP contribution in [0.4, 0.5) is 8.78 Å². The number of carbonyl (C=O) groups excluding carboxylic acids is 1. The van der Waals surface area contributed by atoms with Crippen LogP contribution < -0.4 is 0 Å². The zero-order valence-corrected chi connectivity index (χ0v) is 18.8. The molecule has 1 fully saturated rings. The summed E-state index contributed by atoms with van der Waals surface area (Å²) < 4.78 is 66.6. The molecule has 1 saturated heterocycles. The molecule has 0 spiro atoms. The Morgan fingerprint density at radius 3 is 2.61 bits per heavy atom. The number of fused-ring (bicyclic) bond motifs is 1. The number of aryl methyl sites for hydroxylation is 1. The van der Waals surface area contributed by atoms with Crippen molar-refractivity contribution in [1.82, 2.24) is 13.9 Å². The van der Waals surface area contributed by atoms with Gasteiger partial charge in [-0.05, 0) is 36.8 Å². The van der Waals surface area contributed by atoms with E-state index in [1.54, 1.807) is 6.07 Å². The molecule has 0 N–H and O–H groups in total. The predicted octanol–water partition coefficient (Wildman–Crippen LogP) is 3.10. The van der Waals surface area contributed by atoms with Crippen LogP contribution >= 0.6 is 0 Å². The molecule has 0 bridgehead atoms. The minimum atomic E-state index is -3.69. The molecule has 2 aromatic carbocycles. The molecule has 1 aromatic heterocycles. The molecule has 176 valence electrons. The van der Waals surface area contributed by atoms with Crippen molar-refractivity contribution in [2.75, 3.05) is 26.3 Å². The van der Waals surface area contributed by atoms with E-state index in [2.05, 4.69) is 4.98 Å². The van der Waals surface area contributed by atoms with Gasteiger partial charge in [0.15, 0.2) is 0 Å². The Balaban J connectivity index is 1.61. The van der Waals surface area contributed by atoms with E-state index in [9.17, 15) is 22.0 Å². The fourth-order valence-electron chi connectivity index (χ4n) is 3.70. The summed E-state index contributed by atoms with van der Waals surface area (Å²) in [5.74, 6) is -2.36. The molecule has 1 aliphatic rings. The monoisotopic (exact) mass is 479 g/mol. The largest absolute Gasteiger partial charge is 0.454 e. The van der Waals surface area contributed by atoms with E-state index >= 15 is 0 Å².